The van der Waals surface area contributed by atoms with Gasteiger partial charge in [-0.3, -0.25) is 14.8 Å². The molecule has 0 saturated heterocycles. The van der Waals surface area contributed by atoms with Gasteiger partial charge in [-0.1, -0.05) is 44.8 Å². The van der Waals surface area contributed by atoms with E-state index in [-0.39, 0.29) is 18.1 Å². The molecule has 9 heteroatoms. The molecule has 1 N–H and O–H groups in total. The van der Waals surface area contributed by atoms with Crippen LogP contribution in [0.25, 0.3) is 33.5 Å². The van der Waals surface area contributed by atoms with Gasteiger partial charge >= 0.3 is 0 Å². The van der Waals surface area contributed by atoms with E-state index in [9.17, 15) is 9.18 Å². The Kier molecular flexibility index (Phi) is 8.89. The fraction of sp³-hybridized carbons (Fsp3) is 0.273. The van der Waals surface area contributed by atoms with Crippen LogP contribution in [0.3, 0.4) is 0 Å². The summed E-state index contributed by atoms with van der Waals surface area (Å²) in [5.41, 5.74) is 7.23. The third-order valence-corrected chi connectivity index (χ3v) is 8.82. The van der Waals surface area contributed by atoms with Crippen molar-refractivity contribution in [3.05, 3.63) is 96.2 Å². The summed E-state index contributed by atoms with van der Waals surface area (Å²) in [5.74, 6) is -0.147. The monoisotopic (exact) mass is 581 g/mol. The van der Waals surface area contributed by atoms with E-state index in [0.717, 1.165) is 51.6 Å². The number of fused-ring (bicyclic) bond motifs is 1. The lowest BCUT2D eigenvalue weighted by Gasteiger charge is -2.18. The highest BCUT2D eigenvalue weighted by Crippen LogP contribution is 2.41. The Bertz CT molecular complexity index is 1680. The van der Waals surface area contributed by atoms with Crippen LogP contribution in [-0.2, 0) is 29.1 Å². The number of nitrogens with zero attached hydrogens (tertiary/aromatic N) is 4. The van der Waals surface area contributed by atoms with Gasteiger partial charge in [0.2, 0.25) is 5.91 Å². The number of aromatic nitrogens is 4. The van der Waals surface area contributed by atoms with Crippen LogP contribution in [0.1, 0.15) is 18.1 Å². The van der Waals surface area contributed by atoms with E-state index in [2.05, 4.69) is 47.5 Å². The summed E-state index contributed by atoms with van der Waals surface area (Å²) < 4.78 is 21.8. The number of anilines is 1. The van der Waals surface area contributed by atoms with E-state index >= 15 is 0 Å². The molecule has 42 heavy (non-hydrogen) atoms. The SMILES string of the molecule is CCc1ccnc2c(-c3ccccn3)c(-c3ccnc(NC(=O)Cc4ccc(F)cc4)c3)n(COCC[Si](C)(C)C)c12. The minimum atomic E-state index is -1.27. The molecule has 0 bridgehead atoms. The lowest BCUT2D eigenvalue weighted by Crippen LogP contribution is -2.22. The number of nitrogens with one attached hydrogen (secondary N) is 1. The maximum Gasteiger partial charge on any atom is 0.229 e. The molecule has 1 amide bonds. The minimum absolute atomic E-state index is 0.111. The van der Waals surface area contributed by atoms with E-state index in [1.54, 1.807) is 24.5 Å². The number of ether oxygens (including phenoxy) is 1. The van der Waals surface area contributed by atoms with Gasteiger partial charge in [0, 0.05) is 38.8 Å². The van der Waals surface area contributed by atoms with E-state index < -0.39 is 8.07 Å². The Morgan fingerprint density at radius 1 is 0.976 bits per heavy atom. The van der Waals surface area contributed by atoms with Crippen molar-refractivity contribution in [3.63, 3.8) is 0 Å². The van der Waals surface area contributed by atoms with Crippen LogP contribution in [0.4, 0.5) is 10.2 Å². The zero-order valence-corrected chi connectivity index (χ0v) is 25.5. The van der Waals surface area contributed by atoms with Crippen LogP contribution < -0.4 is 5.32 Å². The van der Waals surface area contributed by atoms with Crippen LogP contribution in [0.15, 0.2) is 79.3 Å². The zero-order valence-electron chi connectivity index (χ0n) is 24.5. The molecule has 4 aromatic heterocycles. The number of carbonyl (C=O) groups excluding carboxylic acids is 1. The molecule has 0 atom stereocenters. The number of pyridine rings is 3. The summed E-state index contributed by atoms with van der Waals surface area (Å²) in [7, 11) is -1.27. The molecule has 5 rings (SSSR count). The molecule has 0 radical (unpaired) electrons. The van der Waals surface area contributed by atoms with Crippen molar-refractivity contribution in [1.29, 1.82) is 0 Å². The number of rotatable bonds is 11. The van der Waals surface area contributed by atoms with Gasteiger partial charge in [-0.05, 0) is 66.1 Å². The molecule has 4 heterocycles. The number of amides is 1. The summed E-state index contributed by atoms with van der Waals surface area (Å²) in [6.07, 6.45) is 6.26. The fourth-order valence-corrected chi connectivity index (χ4v) is 5.72. The third-order valence-electron chi connectivity index (χ3n) is 7.12. The van der Waals surface area contributed by atoms with Gasteiger partial charge in [0.25, 0.3) is 0 Å². The number of carbonyl (C=O) groups is 1. The summed E-state index contributed by atoms with van der Waals surface area (Å²) in [6.45, 7) is 10.2. The molecule has 0 aliphatic carbocycles. The molecule has 0 unspecified atom stereocenters. The average Bonchev–Trinajstić information content (AvgIpc) is 3.31. The van der Waals surface area contributed by atoms with Crippen LogP contribution in [0, 0.1) is 5.82 Å². The molecule has 1 aromatic carbocycles. The first-order valence-corrected chi connectivity index (χ1v) is 17.9. The highest BCUT2D eigenvalue weighted by molar-refractivity contribution is 6.76. The van der Waals surface area contributed by atoms with Crippen molar-refractivity contribution in [1.82, 2.24) is 19.5 Å². The number of hydrogen-bond acceptors (Lipinski definition) is 5. The Morgan fingerprint density at radius 3 is 2.48 bits per heavy atom. The van der Waals surface area contributed by atoms with Gasteiger partial charge in [0.1, 0.15) is 18.4 Å². The molecule has 7 nitrogen and oxygen atoms in total. The lowest BCUT2D eigenvalue weighted by molar-refractivity contribution is -0.115. The van der Waals surface area contributed by atoms with Crippen LogP contribution in [0.5, 0.6) is 0 Å². The largest absolute Gasteiger partial charge is 0.361 e. The molecule has 0 saturated carbocycles. The average molecular weight is 582 g/mol. The van der Waals surface area contributed by atoms with Gasteiger partial charge in [-0.15, -0.1) is 0 Å². The number of aryl methyl sites for hydroxylation is 1. The smallest absolute Gasteiger partial charge is 0.229 e. The van der Waals surface area contributed by atoms with Gasteiger partial charge in [-0.25, -0.2) is 9.37 Å². The molecule has 216 valence electrons. The van der Waals surface area contributed by atoms with Gasteiger partial charge in [0.05, 0.1) is 34.4 Å². The predicted molar refractivity (Wildman–Crippen MR) is 168 cm³/mol. The van der Waals surface area contributed by atoms with Crippen molar-refractivity contribution in [3.8, 4) is 22.5 Å². The molecular weight excluding hydrogens is 545 g/mol. The Morgan fingerprint density at radius 2 is 1.76 bits per heavy atom. The van der Waals surface area contributed by atoms with Crippen molar-refractivity contribution < 1.29 is 13.9 Å². The summed E-state index contributed by atoms with van der Waals surface area (Å²) in [5, 5.41) is 2.91. The Labute approximate surface area is 246 Å². The second-order valence-electron chi connectivity index (χ2n) is 11.5. The molecule has 0 spiro atoms. The van der Waals surface area contributed by atoms with Crippen molar-refractivity contribution >= 4 is 30.8 Å². The first kappa shape index (κ1) is 29.3. The van der Waals surface area contributed by atoms with E-state index in [1.807, 2.05) is 36.5 Å². The normalized spacial score (nSPS) is 11.6. The second-order valence-corrected chi connectivity index (χ2v) is 17.1. The second kappa shape index (κ2) is 12.8. The molecule has 5 aromatic rings. The fourth-order valence-electron chi connectivity index (χ4n) is 4.96. The highest BCUT2D eigenvalue weighted by Gasteiger charge is 2.24. The zero-order chi connectivity index (χ0) is 29.7. The molecule has 0 aliphatic rings. The van der Waals surface area contributed by atoms with Gasteiger partial charge < -0.3 is 14.6 Å². The summed E-state index contributed by atoms with van der Waals surface area (Å²) in [6, 6.07) is 18.7. The van der Waals surface area contributed by atoms with Crippen LogP contribution >= 0.6 is 0 Å². The summed E-state index contributed by atoms with van der Waals surface area (Å²) >= 11 is 0. The number of hydrogen-bond donors (Lipinski definition) is 1. The Balaban J connectivity index is 1.58. The first-order chi connectivity index (χ1) is 20.2. The summed E-state index contributed by atoms with van der Waals surface area (Å²) in [4.78, 5) is 26.8. The van der Waals surface area contributed by atoms with E-state index in [0.29, 0.717) is 19.2 Å². The van der Waals surface area contributed by atoms with Gasteiger partial charge in [-0.2, -0.15) is 0 Å². The first-order valence-electron chi connectivity index (χ1n) is 14.2. The standard InChI is InChI=1S/C33H36FN5O2Si/c1-5-24-13-17-37-31-30(27-8-6-7-15-35-27)32(39(33(24)31)22-41-18-19-42(2,3)4)25-14-16-36-28(21-25)38-29(40)20-23-9-11-26(34)12-10-23/h6-17,21H,5,18-20,22H2,1-4H3,(H,36,38,40). The topological polar surface area (TPSA) is 81.9 Å². The predicted octanol–water partition coefficient (Wildman–Crippen LogP) is 7.36. The van der Waals surface area contributed by atoms with E-state index in [4.69, 9.17) is 14.7 Å². The third kappa shape index (κ3) is 6.80. The Hall–Kier alpha value is -4.21. The quantitative estimate of drug-likeness (QED) is 0.130. The molecule has 0 aliphatic heterocycles. The van der Waals surface area contributed by atoms with Crippen molar-refractivity contribution in [2.45, 2.75) is 52.2 Å². The number of halogens is 1. The highest BCUT2D eigenvalue weighted by atomic mass is 28.3. The minimum Gasteiger partial charge on any atom is -0.361 e. The number of benzene rings is 1. The van der Waals surface area contributed by atoms with Crippen LogP contribution in [0.2, 0.25) is 25.7 Å². The van der Waals surface area contributed by atoms with Crippen LogP contribution in [-0.4, -0.2) is 40.1 Å². The maximum absolute atomic E-state index is 13.3. The molecule has 0 fully saturated rings. The van der Waals surface area contributed by atoms with Gasteiger partial charge in [0.15, 0.2) is 0 Å². The van der Waals surface area contributed by atoms with Crippen molar-refractivity contribution in [2.75, 3.05) is 11.9 Å². The van der Waals surface area contributed by atoms with E-state index in [1.165, 1.54) is 17.7 Å². The molecular formula is C33H36FN5O2Si. The van der Waals surface area contributed by atoms with Crippen molar-refractivity contribution in [2.24, 2.45) is 0 Å². The maximum atomic E-state index is 13.3. The lowest BCUT2D eigenvalue weighted by atomic mass is 10.0.